The molecule has 3 atom stereocenters. The Morgan fingerprint density at radius 1 is 0.865 bits per heavy atom. The summed E-state index contributed by atoms with van der Waals surface area (Å²) in [5.41, 5.74) is 8.89. The molecule has 0 fully saturated rings. The average Bonchev–Trinajstić information content (AvgIpc) is 3.74. The first-order chi connectivity index (χ1) is 24.5. The van der Waals surface area contributed by atoms with E-state index in [0.29, 0.717) is 40.1 Å². The monoisotopic (exact) mass is 710 g/mol. The third kappa shape index (κ3) is 6.81. The second-order valence-electron chi connectivity index (χ2n) is 14.0. The lowest BCUT2D eigenvalue weighted by atomic mass is 9.81. The number of allylic oxidation sites excluding steroid dienone is 1. The van der Waals surface area contributed by atoms with Crippen molar-refractivity contribution in [3.05, 3.63) is 68.8 Å². The van der Waals surface area contributed by atoms with Gasteiger partial charge in [-0.05, 0) is 93.5 Å². The van der Waals surface area contributed by atoms with Gasteiger partial charge in [-0.2, -0.15) is 0 Å². The summed E-state index contributed by atoms with van der Waals surface area (Å²) in [7, 11) is 1.25. The van der Waals surface area contributed by atoms with Gasteiger partial charge in [-0.25, -0.2) is 9.78 Å². The molecule has 5 rings (SSSR count). The maximum Gasteiger partial charge on any atom is 0.340 e. The van der Waals surface area contributed by atoms with Crippen molar-refractivity contribution in [2.45, 2.75) is 98.8 Å². The third-order valence-electron chi connectivity index (χ3n) is 10.7. The number of hydrogen-bond donors (Lipinski definition) is 4. The minimum absolute atomic E-state index is 0.126. The number of carboxylic acids is 2. The molecule has 1 unspecified atom stereocenters. The third-order valence-corrected chi connectivity index (χ3v) is 10.7. The van der Waals surface area contributed by atoms with Crippen molar-refractivity contribution in [1.82, 2.24) is 19.9 Å². The highest BCUT2D eigenvalue weighted by molar-refractivity contribution is 6.25. The number of aromatic amines is 2. The van der Waals surface area contributed by atoms with Crippen LogP contribution in [0.1, 0.15) is 123 Å². The van der Waals surface area contributed by atoms with E-state index in [1.807, 2.05) is 52.8 Å². The van der Waals surface area contributed by atoms with Gasteiger partial charge in [0.1, 0.15) is 11.6 Å². The predicted octanol–water partition coefficient (Wildman–Crippen LogP) is 6.87. The number of carboxylic acid groups (broad SMARTS) is 2. The maximum atomic E-state index is 13.4. The molecular formula is C40H46N4O8. The van der Waals surface area contributed by atoms with Gasteiger partial charge in [-0.1, -0.05) is 20.8 Å². The number of nitrogens with zero attached hydrogens (tertiary/aromatic N) is 2. The van der Waals surface area contributed by atoms with Crippen molar-refractivity contribution in [1.29, 1.82) is 0 Å². The number of H-pyrrole nitrogens is 2. The van der Waals surface area contributed by atoms with E-state index in [9.17, 15) is 34.2 Å². The van der Waals surface area contributed by atoms with Crippen molar-refractivity contribution in [3.63, 3.8) is 0 Å². The van der Waals surface area contributed by atoms with Crippen molar-refractivity contribution in [2.75, 3.05) is 7.11 Å². The predicted molar refractivity (Wildman–Crippen MR) is 197 cm³/mol. The highest BCUT2D eigenvalue weighted by Crippen LogP contribution is 2.44. The molecule has 0 amide bonds. The molecule has 0 radical (unpaired) electrons. The van der Waals surface area contributed by atoms with Crippen LogP contribution in [0.15, 0.2) is 18.2 Å². The number of Topliss-reactive ketones (excluding diaryl/α,β-unsaturated/α-hetero) is 2. The Balaban J connectivity index is 2.05. The van der Waals surface area contributed by atoms with Gasteiger partial charge in [0.05, 0.1) is 42.1 Å². The van der Waals surface area contributed by atoms with Crippen LogP contribution in [0.3, 0.4) is 0 Å². The van der Waals surface area contributed by atoms with Crippen LogP contribution in [0.2, 0.25) is 0 Å². The summed E-state index contributed by atoms with van der Waals surface area (Å²) in [5.74, 6) is -5.49. The Bertz CT molecular complexity index is 2210. The number of hydrogen-bond acceptors (Lipinski definition) is 8. The SMILES string of the molecule is CCc1c(C)c2cc3[nH]c(cc4nc(c(CC(=O)O)c5nc(cc1[nH]2)C(C)=C5C(=O)OC)[C@@H](CCC(=O)O)[C@@H]4C)c(C)c3C(C)C(C(C)=O)C(C)=O. The number of nitrogens with one attached hydrogen (secondary N) is 2. The fourth-order valence-corrected chi connectivity index (χ4v) is 8.10. The minimum Gasteiger partial charge on any atom is -0.481 e. The zero-order valence-electron chi connectivity index (χ0n) is 31.1. The summed E-state index contributed by atoms with van der Waals surface area (Å²) < 4.78 is 5.18. The Morgan fingerprint density at radius 3 is 2.08 bits per heavy atom. The number of aryl methyl sites for hydroxylation is 3. The number of methoxy groups -OCH3 is 1. The summed E-state index contributed by atoms with van der Waals surface area (Å²) in [5, 5.41) is 19.9. The van der Waals surface area contributed by atoms with Crippen LogP contribution in [0.5, 0.6) is 0 Å². The quantitative estimate of drug-likeness (QED) is 0.121. The lowest BCUT2D eigenvalue weighted by Gasteiger charge is -2.19. The summed E-state index contributed by atoms with van der Waals surface area (Å²) in [6, 6.07) is 5.68. The summed E-state index contributed by atoms with van der Waals surface area (Å²) in [4.78, 5) is 80.3. The van der Waals surface area contributed by atoms with E-state index in [4.69, 9.17) is 14.7 Å². The molecule has 3 aromatic heterocycles. The Kier molecular flexibility index (Phi) is 10.7. The smallest absolute Gasteiger partial charge is 0.340 e. The van der Waals surface area contributed by atoms with Crippen LogP contribution in [0.4, 0.5) is 0 Å². The lowest BCUT2D eigenvalue weighted by molar-refractivity contribution is -0.138. The van der Waals surface area contributed by atoms with Crippen molar-refractivity contribution in [2.24, 2.45) is 5.92 Å². The van der Waals surface area contributed by atoms with E-state index < -0.39 is 42.1 Å². The molecule has 12 nitrogen and oxygen atoms in total. The maximum absolute atomic E-state index is 13.4. The van der Waals surface area contributed by atoms with Gasteiger partial charge in [0.2, 0.25) is 0 Å². The topological polar surface area (TPSA) is 192 Å². The van der Waals surface area contributed by atoms with Crippen LogP contribution in [-0.4, -0.2) is 66.7 Å². The molecule has 0 saturated heterocycles. The average molecular weight is 711 g/mol. The van der Waals surface area contributed by atoms with E-state index in [-0.39, 0.29) is 47.2 Å². The van der Waals surface area contributed by atoms with Gasteiger partial charge in [0.25, 0.3) is 0 Å². The van der Waals surface area contributed by atoms with E-state index in [0.717, 1.165) is 33.3 Å². The highest BCUT2D eigenvalue weighted by atomic mass is 16.5. The van der Waals surface area contributed by atoms with E-state index in [1.165, 1.54) is 21.0 Å². The fourth-order valence-electron chi connectivity index (χ4n) is 8.10. The van der Waals surface area contributed by atoms with Gasteiger partial charge >= 0.3 is 17.9 Å². The molecule has 5 heterocycles. The summed E-state index contributed by atoms with van der Waals surface area (Å²) >= 11 is 0. The van der Waals surface area contributed by atoms with Crippen LogP contribution < -0.4 is 0 Å². The Hall–Kier alpha value is -5.39. The number of ether oxygens (including phenoxy) is 1. The molecule has 3 aromatic rings. The van der Waals surface area contributed by atoms with Gasteiger partial charge in [0, 0.05) is 57.5 Å². The molecule has 2 aliphatic heterocycles. The summed E-state index contributed by atoms with van der Waals surface area (Å²) in [6.45, 7) is 14.3. The van der Waals surface area contributed by atoms with Gasteiger partial charge in [0.15, 0.2) is 0 Å². The van der Waals surface area contributed by atoms with E-state index in [2.05, 4.69) is 9.97 Å². The molecule has 0 aromatic carbocycles. The molecule has 274 valence electrons. The number of ketones is 2. The van der Waals surface area contributed by atoms with Gasteiger partial charge in [-0.3, -0.25) is 24.2 Å². The number of esters is 1. The summed E-state index contributed by atoms with van der Waals surface area (Å²) in [6.07, 6.45) is 0.117. The molecule has 4 N–H and O–H groups in total. The molecule has 0 aliphatic carbocycles. The molecule has 12 heteroatoms. The van der Waals surface area contributed by atoms with Crippen molar-refractivity contribution in [3.8, 4) is 0 Å². The second-order valence-corrected chi connectivity index (χ2v) is 14.0. The van der Waals surface area contributed by atoms with Crippen LogP contribution >= 0.6 is 0 Å². The largest absolute Gasteiger partial charge is 0.481 e. The molecule has 8 bridgehead atoms. The normalized spacial score (nSPS) is 16.3. The lowest BCUT2D eigenvalue weighted by Crippen LogP contribution is -2.25. The molecule has 0 saturated carbocycles. The molecular weight excluding hydrogens is 664 g/mol. The highest BCUT2D eigenvalue weighted by Gasteiger charge is 2.36. The molecule has 2 aliphatic rings. The number of aliphatic carboxylic acids is 2. The van der Waals surface area contributed by atoms with Crippen LogP contribution in [0.25, 0.3) is 33.2 Å². The number of carbonyl (C=O) groups excluding carboxylic acids is 3. The first-order valence-corrected chi connectivity index (χ1v) is 17.5. The number of aromatic nitrogens is 4. The Labute approximate surface area is 301 Å². The Morgan fingerprint density at radius 2 is 1.50 bits per heavy atom. The first kappa shape index (κ1) is 37.9. The van der Waals surface area contributed by atoms with Gasteiger partial charge < -0.3 is 24.9 Å². The van der Waals surface area contributed by atoms with E-state index in [1.54, 1.807) is 6.92 Å². The van der Waals surface area contributed by atoms with E-state index >= 15 is 0 Å². The first-order valence-electron chi connectivity index (χ1n) is 17.5. The molecule has 52 heavy (non-hydrogen) atoms. The van der Waals surface area contributed by atoms with Crippen LogP contribution in [0, 0.1) is 19.8 Å². The van der Waals surface area contributed by atoms with Crippen molar-refractivity contribution >= 4 is 62.7 Å². The van der Waals surface area contributed by atoms with Gasteiger partial charge in [-0.15, -0.1) is 0 Å². The number of rotatable bonds is 11. The van der Waals surface area contributed by atoms with Crippen LogP contribution in [-0.2, 0) is 41.6 Å². The zero-order valence-corrected chi connectivity index (χ0v) is 31.1. The number of carbonyl (C=O) groups is 5. The zero-order chi connectivity index (χ0) is 38.3. The standard InChI is InChI=1S/C40H46N4O8/c1-10-24-17(2)27-16-32-35(21(6)36(22(7)45)23(8)46)19(4)29(42-32)14-28-18(3)25(11-12-33(47)48)38(43-28)26(13-34(49)50)39-37(40(51)52-9)20(5)30(44-39)15-31(24)41-27/h14-16,18,21,25,36,41-42H,10-13H2,1-9H3,(H,47,48)(H,49,50)/t18-,21?,25-/m0/s1. The second kappa shape index (κ2) is 14.7. The number of fused-ring (bicyclic) bond motifs is 8. The minimum atomic E-state index is -1.17. The van der Waals surface area contributed by atoms with Crippen molar-refractivity contribution < 1.29 is 38.9 Å². The fraction of sp³-hybridized carbons (Fsp3) is 0.425. The molecule has 0 spiro atoms.